The Morgan fingerprint density at radius 2 is 0.840 bits per heavy atom. The fraction of sp³-hybridized carbons (Fsp3) is 1.00. The summed E-state index contributed by atoms with van der Waals surface area (Å²) < 4.78 is 0. The first kappa shape index (κ1) is 25.0. The van der Waals surface area contributed by atoms with E-state index in [1.54, 1.807) is 0 Å². The van der Waals surface area contributed by atoms with Crippen molar-refractivity contribution in [2.75, 3.05) is 0 Å². The summed E-state index contributed by atoms with van der Waals surface area (Å²) in [6.07, 6.45) is 27.7. The van der Waals surface area contributed by atoms with E-state index >= 15 is 0 Å². The first-order chi connectivity index (χ1) is 12.2. The Balaban J connectivity index is 3.66. The topological polar surface area (TPSA) is 0 Å². The SMILES string of the molecule is CCCCCCCCCCCC(C)CC(CCCC)CCCCCC. The maximum Gasteiger partial charge on any atom is -0.0412 e. The lowest BCUT2D eigenvalue weighted by Crippen LogP contribution is -2.07. The van der Waals surface area contributed by atoms with Crippen molar-refractivity contribution in [3.8, 4) is 0 Å². The molecule has 25 heavy (non-hydrogen) atoms. The number of rotatable bonds is 20. The van der Waals surface area contributed by atoms with Crippen LogP contribution in [0.1, 0.15) is 150 Å². The molecule has 0 rings (SSSR count). The number of hydrogen-bond acceptors (Lipinski definition) is 0. The van der Waals surface area contributed by atoms with E-state index in [2.05, 4.69) is 27.7 Å². The third kappa shape index (κ3) is 18.6. The summed E-state index contributed by atoms with van der Waals surface area (Å²) in [5.74, 6) is 1.97. The molecule has 0 saturated heterocycles. The first-order valence-electron chi connectivity index (χ1n) is 12.2. The zero-order chi connectivity index (χ0) is 18.6. The Morgan fingerprint density at radius 1 is 0.440 bits per heavy atom. The summed E-state index contributed by atoms with van der Waals surface area (Å²) in [7, 11) is 0. The van der Waals surface area contributed by atoms with Gasteiger partial charge in [-0.05, 0) is 18.3 Å². The van der Waals surface area contributed by atoms with Gasteiger partial charge in [0.25, 0.3) is 0 Å². The predicted octanol–water partition coefficient (Wildman–Crippen LogP) is 9.71. The third-order valence-electron chi connectivity index (χ3n) is 5.97. The molecule has 0 fully saturated rings. The van der Waals surface area contributed by atoms with Crippen LogP contribution in [0.3, 0.4) is 0 Å². The van der Waals surface area contributed by atoms with Gasteiger partial charge in [0.2, 0.25) is 0 Å². The van der Waals surface area contributed by atoms with E-state index in [1.165, 1.54) is 122 Å². The Morgan fingerprint density at radius 3 is 1.40 bits per heavy atom. The van der Waals surface area contributed by atoms with Crippen LogP contribution in [0.15, 0.2) is 0 Å². The fourth-order valence-corrected chi connectivity index (χ4v) is 4.22. The zero-order valence-corrected chi connectivity index (χ0v) is 18.6. The van der Waals surface area contributed by atoms with Gasteiger partial charge in [0, 0.05) is 0 Å². The quantitative estimate of drug-likeness (QED) is 0.191. The Labute approximate surface area is 161 Å². The van der Waals surface area contributed by atoms with Crippen LogP contribution in [0.2, 0.25) is 0 Å². The minimum Gasteiger partial charge on any atom is -0.0654 e. The smallest absolute Gasteiger partial charge is 0.0412 e. The second-order valence-corrected chi connectivity index (χ2v) is 8.82. The van der Waals surface area contributed by atoms with Crippen LogP contribution in [0.4, 0.5) is 0 Å². The van der Waals surface area contributed by atoms with Gasteiger partial charge < -0.3 is 0 Å². The molecule has 0 heterocycles. The van der Waals surface area contributed by atoms with Crippen molar-refractivity contribution < 1.29 is 0 Å². The normalized spacial score (nSPS) is 13.9. The molecular formula is C25H52. The average molecular weight is 353 g/mol. The Kier molecular flexibility index (Phi) is 20.3. The van der Waals surface area contributed by atoms with Gasteiger partial charge in [-0.3, -0.25) is 0 Å². The van der Waals surface area contributed by atoms with E-state index in [4.69, 9.17) is 0 Å². The van der Waals surface area contributed by atoms with Crippen LogP contribution in [0, 0.1) is 11.8 Å². The van der Waals surface area contributed by atoms with Gasteiger partial charge in [0.15, 0.2) is 0 Å². The summed E-state index contributed by atoms with van der Waals surface area (Å²) in [5.41, 5.74) is 0. The van der Waals surface area contributed by atoms with Crippen molar-refractivity contribution in [3.05, 3.63) is 0 Å². The molecule has 2 atom stereocenters. The van der Waals surface area contributed by atoms with Gasteiger partial charge in [-0.2, -0.15) is 0 Å². The minimum atomic E-state index is 0.956. The highest BCUT2D eigenvalue weighted by Gasteiger charge is 2.12. The lowest BCUT2D eigenvalue weighted by Gasteiger charge is -2.21. The van der Waals surface area contributed by atoms with Crippen LogP contribution in [0.5, 0.6) is 0 Å². The van der Waals surface area contributed by atoms with Crippen molar-refractivity contribution in [1.82, 2.24) is 0 Å². The number of hydrogen-bond donors (Lipinski definition) is 0. The van der Waals surface area contributed by atoms with E-state index in [-0.39, 0.29) is 0 Å². The molecule has 0 saturated carbocycles. The lowest BCUT2D eigenvalue weighted by atomic mass is 9.85. The van der Waals surface area contributed by atoms with Crippen LogP contribution in [0.25, 0.3) is 0 Å². The van der Waals surface area contributed by atoms with Crippen LogP contribution < -0.4 is 0 Å². The van der Waals surface area contributed by atoms with Crippen LogP contribution in [-0.4, -0.2) is 0 Å². The molecule has 0 N–H and O–H groups in total. The third-order valence-corrected chi connectivity index (χ3v) is 5.97. The average Bonchev–Trinajstić information content (AvgIpc) is 2.61. The molecular weight excluding hydrogens is 300 g/mol. The van der Waals surface area contributed by atoms with Gasteiger partial charge in [0.1, 0.15) is 0 Å². The van der Waals surface area contributed by atoms with Gasteiger partial charge in [0.05, 0.1) is 0 Å². The number of unbranched alkanes of at least 4 members (excludes halogenated alkanes) is 12. The van der Waals surface area contributed by atoms with E-state index < -0.39 is 0 Å². The van der Waals surface area contributed by atoms with Crippen molar-refractivity contribution in [2.45, 2.75) is 150 Å². The molecule has 0 aliphatic carbocycles. The van der Waals surface area contributed by atoms with Gasteiger partial charge in [-0.25, -0.2) is 0 Å². The van der Waals surface area contributed by atoms with Crippen molar-refractivity contribution >= 4 is 0 Å². The predicted molar refractivity (Wildman–Crippen MR) is 117 cm³/mol. The first-order valence-corrected chi connectivity index (χ1v) is 12.2. The van der Waals surface area contributed by atoms with E-state index in [9.17, 15) is 0 Å². The Bertz CT molecular complexity index is 232. The molecule has 0 aromatic carbocycles. The maximum absolute atomic E-state index is 2.52. The molecule has 0 heteroatoms. The summed E-state index contributed by atoms with van der Waals surface area (Å²) in [6.45, 7) is 9.50. The monoisotopic (exact) mass is 352 g/mol. The van der Waals surface area contributed by atoms with Crippen LogP contribution in [-0.2, 0) is 0 Å². The molecule has 0 nitrogen and oxygen atoms in total. The van der Waals surface area contributed by atoms with Gasteiger partial charge in [-0.1, -0.05) is 143 Å². The summed E-state index contributed by atoms with van der Waals surface area (Å²) in [6, 6.07) is 0. The van der Waals surface area contributed by atoms with Gasteiger partial charge in [-0.15, -0.1) is 0 Å². The van der Waals surface area contributed by atoms with Crippen molar-refractivity contribution in [3.63, 3.8) is 0 Å². The molecule has 2 unspecified atom stereocenters. The highest BCUT2D eigenvalue weighted by Crippen LogP contribution is 2.27. The van der Waals surface area contributed by atoms with Gasteiger partial charge >= 0.3 is 0 Å². The maximum atomic E-state index is 2.52. The molecule has 0 aromatic rings. The molecule has 0 spiro atoms. The lowest BCUT2D eigenvalue weighted by molar-refractivity contribution is 0.316. The standard InChI is InChI=1S/C25H52/c1-5-8-11-13-14-15-16-17-18-20-24(4)23-25(21-10-7-3)22-19-12-9-6-2/h24-25H,5-23H2,1-4H3. The molecule has 0 aliphatic rings. The molecule has 152 valence electrons. The summed E-state index contributed by atoms with van der Waals surface area (Å²) in [5, 5.41) is 0. The van der Waals surface area contributed by atoms with Crippen molar-refractivity contribution in [1.29, 1.82) is 0 Å². The van der Waals surface area contributed by atoms with Crippen LogP contribution >= 0.6 is 0 Å². The van der Waals surface area contributed by atoms with E-state index in [1.807, 2.05) is 0 Å². The highest BCUT2D eigenvalue weighted by molar-refractivity contribution is 4.65. The molecule has 0 radical (unpaired) electrons. The summed E-state index contributed by atoms with van der Waals surface area (Å²) in [4.78, 5) is 0. The largest absolute Gasteiger partial charge is 0.0654 e. The fourth-order valence-electron chi connectivity index (χ4n) is 4.22. The van der Waals surface area contributed by atoms with E-state index in [0.29, 0.717) is 0 Å². The molecule has 0 amide bonds. The second-order valence-electron chi connectivity index (χ2n) is 8.82. The molecule has 0 aliphatic heterocycles. The molecule has 0 bridgehead atoms. The Hall–Kier alpha value is 0. The van der Waals surface area contributed by atoms with E-state index in [0.717, 1.165) is 11.8 Å². The van der Waals surface area contributed by atoms with Crippen molar-refractivity contribution in [2.24, 2.45) is 11.8 Å². The zero-order valence-electron chi connectivity index (χ0n) is 18.6. The second kappa shape index (κ2) is 20.3. The summed E-state index contributed by atoms with van der Waals surface area (Å²) >= 11 is 0. The highest BCUT2D eigenvalue weighted by atomic mass is 14.2. The minimum absolute atomic E-state index is 0.956. The molecule has 0 aromatic heterocycles.